The molecule has 9 heteroatoms. The summed E-state index contributed by atoms with van der Waals surface area (Å²) in [5, 5.41) is 16.5. The fraction of sp³-hybridized carbons (Fsp3) is 0.483. The number of carbonyl (C=O) groups excluding carboxylic acids is 3. The molecule has 208 valence electrons. The summed E-state index contributed by atoms with van der Waals surface area (Å²) in [4.78, 5) is 41.8. The zero-order valence-corrected chi connectivity index (χ0v) is 24.1. The Kier molecular flexibility index (Phi) is 11.5. The average Bonchev–Trinajstić information content (AvgIpc) is 2.84. The first-order chi connectivity index (χ1) is 17.9. The largest absolute Gasteiger partial charge is 0.507 e. The van der Waals surface area contributed by atoms with Gasteiger partial charge in [0.25, 0.3) is 5.91 Å². The number of amides is 3. The van der Waals surface area contributed by atoms with E-state index in [1.807, 2.05) is 32.0 Å². The van der Waals surface area contributed by atoms with Crippen LogP contribution in [0.5, 0.6) is 5.75 Å². The maximum atomic E-state index is 13.9. The molecule has 0 bridgehead atoms. The number of benzene rings is 2. The third-order valence-electron chi connectivity index (χ3n) is 5.98. The molecule has 2 atom stereocenters. The molecule has 0 aromatic heterocycles. The second-order valence-electron chi connectivity index (χ2n) is 10.3. The molecule has 38 heavy (non-hydrogen) atoms. The third kappa shape index (κ3) is 8.68. The van der Waals surface area contributed by atoms with Gasteiger partial charge in [0.1, 0.15) is 23.4 Å². The van der Waals surface area contributed by atoms with Crippen molar-refractivity contribution in [3.63, 3.8) is 0 Å². The number of para-hydroxylation sites is 2. The number of thiol groups is 1. The number of unbranched alkanes of at least 4 members (excludes halogenated alkanes) is 2. The van der Waals surface area contributed by atoms with E-state index in [1.54, 1.807) is 52.0 Å². The molecule has 0 radical (unpaired) electrons. The number of phenols is 1. The summed E-state index contributed by atoms with van der Waals surface area (Å²) in [5.41, 5.74) is 1.59. The Balaban J connectivity index is 2.55. The van der Waals surface area contributed by atoms with Gasteiger partial charge in [0.2, 0.25) is 5.91 Å². The van der Waals surface area contributed by atoms with Crippen molar-refractivity contribution in [3.05, 3.63) is 59.2 Å². The van der Waals surface area contributed by atoms with E-state index in [0.717, 1.165) is 18.4 Å². The van der Waals surface area contributed by atoms with Gasteiger partial charge in [0.05, 0.1) is 0 Å². The van der Waals surface area contributed by atoms with E-state index < -0.39 is 35.6 Å². The van der Waals surface area contributed by atoms with Crippen molar-refractivity contribution in [2.75, 3.05) is 17.6 Å². The number of ether oxygens (including phenoxy) is 1. The monoisotopic (exact) mass is 543 g/mol. The van der Waals surface area contributed by atoms with Gasteiger partial charge in [-0.25, -0.2) is 4.79 Å². The molecule has 0 aliphatic heterocycles. The minimum Gasteiger partial charge on any atom is -0.507 e. The highest BCUT2D eigenvalue weighted by Crippen LogP contribution is 2.33. The second-order valence-corrected chi connectivity index (χ2v) is 10.7. The lowest BCUT2D eigenvalue weighted by Crippen LogP contribution is -2.53. The topological polar surface area (TPSA) is 108 Å². The van der Waals surface area contributed by atoms with Gasteiger partial charge in [-0.05, 0) is 58.2 Å². The summed E-state index contributed by atoms with van der Waals surface area (Å²) >= 11 is 4.32. The minimum atomic E-state index is -1.15. The number of hydrogen-bond donors (Lipinski definition) is 4. The van der Waals surface area contributed by atoms with Crippen molar-refractivity contribution in [1.29, 1.82) is 0 Å². The maximum Gasteiger partial charge on any atom is 0.408 e. The summed E-state index contributed by atoms with van der Waals surface area (Å²) in [6.07, 6.45) is 1.62. The van der Waals surface area contributed by atoms with Crippen LogP contribution >= 0.6 is 12.6 Å². The summed E-state index contributed by atoms with van der Waals surface area (Å²) in [5.74, 6) is -1.03. The van der Waals surface area contributed by atoms with Crippen LogP contribution < -0.4 is 10.6 Å². The maximum absolute atomic E-state index is 13.9. The van der Waals surface area contributed by atoms with Gasteiger partial charge in [0.15, 0.2) is 0 Å². The van der Waals surface area contributed by atoms with Gasteiger partial charge >= 0.3 is 6.09 Å². The first-order valence-electron chi connectivity index (χ1n) is 12.9. The van der Waals surface area contributed by atoms with E-state index >= 15 is 0 Å². The summed E-state index contributed by atoms with van der Waals surface area (Å²) < 4.78 is 5.34. The molecule has 0 aliphatic rings. The zero-order valence-electron chi connectivity index (χ0n) is 23.2. The Labute approximate surface area is 231 Å². The molecule has 0 saturated carbocycles. The number of carbonyl (C=O) groups is 3. The van der Waals surface area contributed by atoms with Crippen LogP contribution in [0.25, 0.3) is 0 Å². The van der Waals surface area contributed by atoms with Crippen molar-refractivity contribution in [3.8, 4) is 5.75 Å². The Morgan fingerprint density at radius 1 is 1.03 bits per heavy atom. The van der Waals surface area contributed by atoms with Crippen molar-refractivity contribution in [1.82, 2.24) is 10.2 Å². The van der Waals surface area contributed by atoms with E-state index in [4.69, 9.17) is 4.74 Å². The van der Waals surface area contributed by atoms with Crippen LogP contribution in [-0.4, -0.2) is 51.9 Å². The van der Waals surface area contributed by atoms with Crippen LogP contribution in [0.2, 0.25) is 0 Å². The number of nitrogens with one attached hydrogen (secondary N) is 2. The van der Waals surface area contributed by atoms with Crippen LogP contribution in [-0.2, 0) is 14.3 Å². The molecule has 8 nitrogen and oxygen atoms in total. The number of anilines is 1. The molecule has 3 N–H and O–H groups in total. The predicted molar refractivity (Wildman–Crippen MR) is 154 cm³/mol. The van der Waals surface area contributed by atoms with Crippen LogP contribution in [0.1, 0.15) is 69.7 Å². The highest BCUT2D eigenvalue weighted by atomic mass is 32.1. The molecule has 0 heterocycles. The summed E-state index contributed by atoms with van der Waals surface area (Å²) in [7, 11) is 0. The number of phenolic OH excluding ortho intramolecular Hbond substituents is 1. The van der Waals surface area contributed by atoms with Gasteiger partial charge in [-0.3, -0.25) is 9.59 Å². The lowest BCUT2D eigenvalue weighted by molar-refractivity contribution is -0.140. The molecular weight excluding hydrogens is 502 g/mol. The number of alkyl carbamates (subject to hydrolysis) is 1. The second kappa shape index (κ2) is 14.1. The van der Waals surface area contributed by atoms with Crippen molar-refractivity contribution >= 4 is 36.2 Å². The molecule has 0 fully saturated rings. The van der Waals surface area contributed by atoms with Crippen LogP contribution in [0.3, 0.4) is 0 Å². The summed E-state index contributed by atoms with van der Waals surface area (Å²) in [6, 6.07) is 10.3. The van der Waals surface area contributed by atoms with Gasteiger partial charge < -0.3 is 25.4 Å². The number of nitrogens with zero attached hydrogens (tertiary/aromatic N) is 1. The highest BCUT2D eigenvalue weighted by Gasteiger charge is 2.37. The molecule has 2 aromatic carbocycles. The van der Waals surface area contributed by atoms with E-state index in [2.05, 4.69) is 23.3 Å². The molecule has 2 rings (SSSR count). The number of aromatic hydroxyl groups is 1. The van der Waals surface area contributed by atoms with Crippen LogP contribution in [0.15, 0.2) is 42.5 Å². The average molecular weight is 544 g/mol. The van der Waals surface area contributed by atoms with E-state index in [1.165, 1.54) is 4.90 Å². The lowest BCUT2D eigenvalue weighted by atomic mass is 9.98. The van der Waals surface area contributed by atoms with Gasteiger partial charge in [0, 0.05) is 23.5 Å². The van der Waals surface area contributed by atoms with Crippen LogP contribution in [0.4, 0.5) is 10.5 Å². The third-order valence-corrected chi connectivity index (χ3v) is 6.35. The molecule has 2 unspecified atom stereocenters. The molecule has 0 spiro atoms. The smallest absolute Gasteiger partial charge is 0.408 e. The number of aryl methyl sites for hydroxylation is 2. The van der Waals surface area contributed by atoms with Gasteiger partial charge in [-0.1, -0.05) is 56.2 Å². The van der Waals surface area contributed by atoms with Crippen molar-refractivity contribution < 1.29 is 24.2 Å². The molecule has 2 aromatic rings. The molecule has 0 aliphatic carbocycles. The molecule has 0 saturated heterocycles. The normalized spacial score (nSPS) is 12.8. The van der Waals surface area contributed by atoms with E-state index in [9.17, 15) is 19.5 Å². The number of rotatable bonds is 11. The minimum absolute atomic E-state index is 0.00567. The van der Waals surface area contributed by atoms with E-state index in [-0.39, 0.29) is 18.0 Å². The SMILES string of the molecule is CCCCCN(C(=O)C(CS)NC(=O)OC(C)(C)C)C(C(=O)Nc1ccccc1C)c1cccc(C)c1O. The Morgan fingerprint density at radius 2 is 1.68 bits per heavy atom. The standard InChI is InChI=1S/C29H41N3O5S/c1-7-8-11-17-32(27(35)23(18-38)31-28(36)37-29(4,5)6)24(21-15-12-14-20(3)25(21)33)26(34)30-22-16-10-9-13-19(22)2/h9-10,12-16,23-24,33,38H,7-8,11,17-18H2,1-6H3,(H,30,34)(H,31,36). The van der Waals surface area contributed by atoms with Crippen LogP contribution in [0, 0.1) is 13.8 Å². The Hall–Kier alpha value is -3.20. The Bertz CT molecular complexity index is 1120. The Morgan fingerprint density at radius 3 is 2.29 bits per heavy atom. The fourth-order valence-electron chi connectivity index (χ4n) is 4.00. The highest BCUT2D eigenvalue weighted by molar-refractivity contribution is 7.80. The van der Waals surface area contributed by atoms with Crippen molar-refractivity contribution in [2.24, 2.45) is 0 Å². The van der Waals surface area contributed by atoms with Gasteiger partial charge in [-0.2, -0.15) is 12.6 Å². The summed E-state index contributed by atoms with van der Waals surface area (Å²) in [6.45, 7) is 11.1. The molecule has 3 amide bonds. The first-order valence-corrected chi connectivity index (χ1v) is 13.6. The first kappa shape index (κ1) is 31.0. The van der Waals surface area contributed by atoms with Crippen molar-refractivity contribution in [2.45, 2.75) is 78.5 Å². The quantitative estimate of drug-likeness (QED) is 0.220. The zero-order chi connectivity index (χ0) is 28.5. The van der Waals surface area contributed by atoms with E-state index in [0.29, 0.717) is 23.2 Å². The number of hydrogen-bond acceptors (Lipinski definition) is 6. The fourth-order valence-corrected chi connectivity index (χ4v) is 4.25. The predicted octanol–water partition coefficient (Wildman–Crippen LogP) is 5.53. The van der Waals surface area contributed by atoms with Gasteiger partial charge in [-0.15, -0.1) is 0 Å². The lowest BCUT2D eigenvalue weighted by Gasteiger charge is -2.34. The molecular formula is C29H41N3O5S.